The van der Waals surface area contributed by atoms with E-state index >= 15 is 0 Å². The Bertz CT molecular complexity index is 255. The van der Waals surface area contributed by atoms with E-state index in [1.807, 2.05) is 0 Å². The molecule has 1 aliphatic heterocycles. The fourth-order valence-corrected chi connectivity index (χ4v) is 1.38. The Morgan fingerprint density at radius 2 is 2.00 bits per heavy atom. The van der Waals surface area contributed by atoms with Crippen molar-refractivity contribution in [2.75, 3.05) is 13.7 Å². The van der Waals surface area contributed by atoms with Gasteiger partial charge in [0.1, 0.15) is 18.3 Å². The smallest absolute Gasteiger partial charge is 0.186 e. The lowest BCUT2D eigenvalue weighted by Crippen LogP contribution is -2.58. The molecule has 0 aromatic heterocycles. The number of hydrogen-bond acceptors (Lipinski definition) is 6. The van der Waals surface area contributed by atoms with Gasteiger partial charge in [0.25, 0.3) is 0 Å². The normalized spacial score (nSPS) is 40.9. The van der Waals surface area contributed by atoms with Gasteiger partial charge in [0.05, 0.1) is 12.6 Å². The van der Waals surface area contributed by atoms with Crippen LogP contribution in [0.5, 0.6) is 0 Å². The number of aliphatic hydroxyl groups is 3. The second-order valence-electron chi connectivity index (χ2n) is 3.16. The minimum atomic E-state index is -1.39. The van der Waals surface area contributed by atoms with Crippen molar-refractivity contribution >= 4 is 0 Å². The van der Waals surface area contributed by atoms with Crippen molar-refractivity contribution in [2.45, 2.75) is 30.7 Å². The van der Waals surface area contributed by atoms with Gasteiger partial charge >= 0.3 is 0 Å². The summed E-state index contributed by atoms with van der Waals surface area (Å²) < 4.78 is 9.84. The number of nitrogens with zero attached hydrogens (tertiary/aromatic N) is 3. The molecule has 0 amide bonds. The van der Waals surface area contributed by atoms with Gasteiger partial charge in [0, 0.05) is 12.0 Å². The number of aliphatic hydroxyl groups excluding tert-OH is 3. The minimum Gasteiger partial charge on any atom is -0.388 e. The van der Waals surface area contributed by atoms with Crippen molar-refractivity contribution in [3.05, 3.63) is 10.4 Å². The fourth-order valence-electron chi connectivity index (χ4n) is 1.38. The van der Waals surface area contributed by atoms with Crippen LogP contribution in [0.1, 0.15) is 0 Å². The summed E-state index contributed by atoms with van der Waals surface area (Å²) in [6.45, 7) is -0.138. The molecule has 86 valence electrons. The molecule has 8 heteroatoms. The van der Waals surface area contributed by atoms with Gasteiger partial charge in [-0.1, -0.05) is 5.11 Å². The van der Waals surface area contributed by atoms with E-state index in [1.165, 1.54) is 7.11 Å². The van der Waals surface area contributed by atoms with Crippen LogP contribution in [0.15, 0.2) is 5.11 Å². The Kier molecular flexibility index (Phi) is 4.28. The molecule has 1 unspecified atom stereocenters. The maximum Gasteiger partial charge on any atom is 0.186 e. The number of methoxy groups -OCH3 is 1. The van der Waals surface area contributed by atoms with Crippen molar-refractivity contribution in [1.29, 1.82) is 0 Å². The van der Waals surface area contributed by atoms with Crippen molar-refractivity contribution in [3.8, 4) is 0 Å². The average Bonchev–Trinajstić information content (AvgIpc) is 2.25. The van der Waals surface area contributed by atoms with Crippen molar-refractivity contribution < 1.29 is 24.8 Å². The molecule has 1 aliphatic rings. The van der Waals surface area contributed by atoms with E-state index in [2.05, 4.69) is 10.0 Å². The quantitative estimate of drug-likeness (QED) is 0.310. The molecule has 0 saturated carbocycles. The fraction of sp³-hybridized carbons (Fsp3) is 1.00. The van der Waals surface area contributed by atoms with Crippen molar-refractivity contribution in [3.63, 3.8) is 0 Å². The summed E-state index contributed by atoms with van der Waals surface area (Å²) in [4.78, 5) is 2.51. The number of hydrogen-bond donors (Lipinski definition) is 3. The summed E-state index contributed by atoms with van der Waals surface area (Å²) in [7, 11) is 1.29. The first kappa shape index (κ1) is 12.2. The van der Waals surface area contributed by atoms with Crippen LogP contribution in [-0.4, -0.2) is 59.7 Å². The van der Waals surface area contributed by atoms with E-state index in [9.17, 15) is 15.3 Å². The molecule has 8 nitrogen and oxygen atoms in total. The van der Waals surface area contributed by atoms with Crippen LogP contribution >= 0.6 is 0 Å². The first-order valence-corrected chi connectivity index (χ1v) is 4.35. The monoisotopic (exact) mass is 219 g/mol. The van der Waals surface area contributed by atoms with Crippen LogP contribution in [0.3, 0.4) is 0 Å². The van der Waals surface area contributed by atoms with E-state index in [-0.39, 0.29) is 6.54 Å². The molecule has 3 N–H and O–H groups in total. The molecular formula is C7H13N3O5. The first-order chi connectivity index (χ1) is 7.11. The van der Waals surface area contributed by atoms with Crippen molar-refractivity contribution in [2.24, 2.45) is 5.11 Å². The molecule has 0 bridgehead atoms. The molecule has 5 atom stereocenters. The molecule has 0 aromatic rings. The predicted octanol–water partition coefficient (Wildman–Crippen LogP) is -1.25. The number of azide groups is 1. The van der Waals surface area contributed by atoms with E-state index in [4.69, 9.17) is 15.0 Å². The topological polar surface area (TPSA) is 128 Å². The summed E-state index contributed by atoms with van der Waals surface area (Å²) in [6.07, 6.45) is -5.95. The molecule has 0 spiro atoms. The maximum atomic E-state index is 9.47. The van der Waals surface area contributed by atoms with E-state index < -0.39 is 30.7 Å². The Morgan fingerprint density at radius 1 is 1.33 bits per heavy atom. The standard InChI is InChI=1S/C7H13N3O5/c1-14-7-6(13)5(12)4(11)3(15-7)2-9-10-8/h3-7,11-13H,2H2,1H3/t3-,4-,5+,6-,7?/m1/s1. The lowest BCUT2D eigenvalue weighted by molar-refractivity contribution is -0.287. The van der Waals surface area contributed by atoms with Gasteiger partial charge in [-0.15, -0.1) is 0 Å². The highest BCUT2D eigenvalue weighted by molar-refractivity contribution is 4.89. The molecule has 15 heavy (non-hydrogen) atoms. The Hall–Kier alpha value is -0.890. The summed E-state index contributed by atoms with van der Waals surface area (Å²) in [6, 6.07) is 0. The molecule has 1 saturated heterocycles. The van der Waals surface area contributed by atoms with Crippen LogP contribution in [0.4, 0.5) is 0 Å². The lowest BCUT2D eigenvalue weighted by Gasteiger charge is -2.39. The van der Waals surface area contributed by atoms with Gasteiger partial charge in [-0.2, -0.15) is 0 Å². The Labute approximate surface area is 85.7 Å². The second kappa shape index (κ2) is 5.26. The molecule has 0 aliphatic carbocycles. The summed E-state index contributed by atoms with van der Waals surface area (Å²) in [5.41, 5.74) is 8.10. The van der Waals surface area contributed by atoms with Gasteiger partial charge in [0.2, 0.25) is 0 Å². The van der Waals surface area contributed by atoms with Crippen LogP contribution in [-0.2, 0) is 9.47 Å². The highest BCUT2D eigenvalue weighted by Gasteiger charge is 2.43. The molecule has 1 fully saturated rings. The van der Waals surface area contributed by atoms with Gasteiger partial charge in [-0.05, 0) is 5.53 Å². The van der Waals surface area contributed by atoms with Gasteiger partial charge in [-0.25, -0.2) is 0 Å². The minimum absolute atomic E-state index is 0.138. The predicted molar refractivity (Wildman–Crippen MR) is 47.7 cm³/mol. The van der Waals surface area contributed by atoms with Gasteiger partial charge < -0.3 is 24.8 Å². The third kappa shape index (κ3) is 2.57. The van der Waals surface area contributed by atoms with Gasteiger partial charge in [0.15, 0.2) is 6.29 Å². The zero-order valence-electron chi connectivity index (χ0n) is 8.09. The third-order valence-electron chi connectivity index (χ3n) is 2.23. The third-order valence-corrected chi connectivity index (χ3v) is 2.23. The molecule has 0 radical (unpaired) electrons. The maximum absolute atomic E-state index is 9.47. The first-order valence-electron chi connectivity index (χ1n) is 4.35. The van der Waals surface area contributed by atoms with Crippen LogP contribution < -0.4 is 0 Å². The second-order valence-corrected chi connectivity index (χ2v) is 3.16. The van der Waals surface area contributed by atoms with Crippen LogP contribution in [0.2, 0.25) is 0 Å². The largest absolute Gasteiger partial charge is 0.388 e. The molecular weight excluding hydrogens is 206 g/mol. The van der Waals surface area contributed by atoms with E-state index in [0.29, 0.717) is 0 Å². The summed E-state index contributed by atoms with van der Waals surface area (Å²) >= 11 is 0. The number of ether oxygens (including phenoxy) is 2. The summed E-state index contributed by atoms with van der Waals surface area (Å²) in [5.74, 6) is 0. The van der Waals surface area contributed by atoms with Crippen molar-refractivity contribution in [1.82, 2.24) is 0 Å². The van der Waals surface area contributed by atoms with E-state index in [0.717, 1.165) is 0 Å². The lowest BCUT2D eigenvalue weighted by atomic mass is 9.99. The van der Waals surface area contributed by atoms with E-state index in [1.54, 1.807) is 0 Å². The molecule has 1 heterocycles. The summed E-state index contributed by atoms with van der Waals surface area (Å²) in [5, 5.41) is 31.5. The zero-order chi connectivity index (χ0) is 11.4. The van der Waals surface area contributed by atoms with Crippen LogP contribution in [0.25, 0.3) is 10.4 Å². The number of rotatable bonds is 3. The molecule has 1 rings (SSSR count). The average molecular weight is 219 g/mol. The SMILES string of the molecule is COC1O[C@H](CN=[N+]=[N-])[C@@H](O)[C@H](O)[C@H]1O. The van der Waals surface area contributed by atoms with Crippen LogP contribution in [0, 0.1) is 0 Å². The Balaban J connectivity index is 2.69. The highest BCUT2D eigenvalue weighted by Crippen LogP contribution is 2.21. The molecule has 0 aromatic carbocycles. The highest BCUT2D eigenvalue weighted by atomic mass is 16.7. The van der Waals surface area contributed by atoms with Gasteiger partial charge in [-0.3, -0.25) is 0 Å². The zero-order valence-corrected chi connectivity index (χ0v) is 8.09. The Morgan fingerprint density at radius 3 is 2.53 bits per heavy atom.